The molecule has 2 atom stereocenters. The van der Waals surface area contributed by atoms with Gasteiger partial charge in [0.2, 0.25) is 0 Å². The molecular formula is C22H19F2N9O2. The third-order valence-corrected chi connectivity index (χ3v) is 5.80. The zero-order chi connectivity index (χ0) is 24.6. The molecule has 11 nitrogen and oxygen atoms in total. The minimum atomic E-state index is -2.02. The largest absolute Gasteiger partial charge is 0.381 e. The van der Waals surface area contributed by atoms with Gasteiger partial charge in [-0.05, 0) is 37.3 Å². The highest BCUT2D eigenvalue weighted by atomic mass is 19.1. The molecule has 0 aliphatic carbocycles. The lowest BCUT2D eigenvalue weighted by Gasteiger charge is -2.34. The zero-order valence-corrected chi connectivity index (χ0v) is 18.3. The Bertz CT molecular complexity index is 1490. The first-order valence-electron chi connectivity index (χ1n) is 10.5. The predicted molar refractivity (Wildman–Crippen MR) is 118 cm³/mol. The van der Waals surface area contributed by atoms with Crippen LogP contribution in [0.1, 0.15) is 18.5 Å². The Hall–Kier alpha value is -4.52. The van der Waals surface area contributed by atoms with Crippen molar-refractivity contribution in [3.63, 3.8) is 0 Å². The molecule has 0 saturated heterocycles. The van der Waals surface area contributed by atoms with E-state index in [0.717, 1.165) is 16.8 Å². The van der Waals surface area contributed by atoms with Crippen LogP contribution in [-0.4, -0.2) is 49.2 Å². The summed E-state index contributed by atoms with van der Waals surface area (Å²) in [6.45, 7) is 1.26. The Labute approximate surface area is 196 Å². The fourth-order valence-electron chi connectivity index (χ4n) is 3.90. The normalized spacial score (nSPS) is 14.1. The van der Waals surface area contributed by atoms with Crippen molar-refractivity contribution in [1.29, 1.82) is 0 Å². The van der Waals surface area contributed by atoms with E-state index < -0.39 is 29.0 Å². The Morgan fingerprint density at radius 2 is 1.69 bits per heavy atom. The van der Waals surface area contributed by atoms with Crippen LogP contribution in [0.3, 0.4) is 0 Å². The Morgan fingerprint density at radius 3 is 2.34 bits per heavy atom. The van der Waals surface area contributed by atoms with E-state index in [4.69, 9.17) is 0 Å². The summed E-state index contributed by atoms with van der Waals surface area (Å²) in [6, 6.07) is 8.63. The van der Waals surface area contributed by atoms with E-state index in [-0.39, 0.29) is 12.1 Å². The maximum absolute atomic E-state index is 14.8. The molecule has 3 aromatic heterocycles. The lowest BCUT2D eigenvalue weighted by Crippen LogP contribution is -2.44. The molecule has 3 heterocycles. The molecule has 0 radical (unpaired) electrons. The molecule has 0 unspecified atom stereocenters. The average Bonchev–Trinajstić information content (AvgIpc) is 3.61. The van der Waals surface area contributed by atoms with E-state index in [1.54, 1.807) is 36.7 Å². The van der Waals surface area contributed by atoms with E-state index in [1.807, 2.05) is 0 Å². The van der Waals surface area contributed by atoms with Crippen LogP contribution < -0.4 is 5.69 Å². The number of halogens is 2. The third kappa shape index (κ3) is 4.01. The Kier molecular flexibility index (Phi) is 5.53. The first-order chi connectivity index (χ1) is 16.9. The number of aromatic nitrogens is 9. The van der Waals surface area contributed by atoms with Gasteiger partial charge in [-0.15, -0.1) is 0 Å². The summed E-state index contributed by atoms with van der Waals surface area (Å²) in [5, 5.41) is 28.0. The molecule has 5 rings (SSSR count). The highest BCUT2D eigenvalue weighted by molar-refractivity contribution is 5.40. The summed E-state index contributed by atoms with van der Waals surface area (Å²) >= 11 is 0. The highest BCUT2D eigenvalue weighted by Gasteiger charge is 2.41. The van der Waals surface area contributed by atoms with Crippen molar-refractivity contribution in [2.45, 2.75) is 25.1 Å². The van der Waals surface area contributed by atoms with Crippen molar-refractivity contribution < 1.29 is 13.9 Å². The van der Waals surface area contributed by atoms with E-state index in [9.17, 15) is 18.7 Å². The zero-order valence-electron chi connectivity index (χ0n) is 18.3. The number of hydrogen-bond donors (Lipinski definition) is 1. The van der Waals surface area contributed by atoms with Gasteiger partial charge in [-0.1, -0.05) is 6.07 Å². The molecule has 178 valence electrons. The summed E-state index contributed by atoms with van der Waals surface area (Å²) < 4.78 is 32.0. The molecule has 0 spiro atoms. The van der Waals surface area contributed by atoms with Gasteiger partial charge in [0.05, 0.1) is 36.4 Å². The molecule has 0 bridgehead atoms. The monoisotopic (exact) mass is 479 g/mol. The quantitative estimate of drug-likeness (QED) is 0.377. The van der Waals surface area contributed by atoms with Crippen LogP contribution >= 0.6 is 0 Å². The fourth-order valence-corrected chi connectivity index (χ4v) is 3.90. The number of hydrogen-bond acceptors (Lipinski definition) is 7. The van der Waals surface area contributed by atoms with E-state index in [0.29, 0.717) is 17.4 Å². The predicted octanol–water partition coefficient (Wildman–Crippen LogP) is 1.63. The van der Waals surface area contributed by atoms with Gasteiger partial charge >= 0.3 is 5.69 Å². The van der Waals surface area contributed by atoms with Crippen molar-refractivity contribution >= 4 is 0 Å². The van der Waals surface area contributed by atoms with Crippen molar-refractivity contribution in [2.24, 2.45) is 0 Å². The van der Waals surface area contributed by atoms with Gasteiger partial charge in [-0.3, -0.25) is 0 Å². The van der Waals surface area contributed by atoms with Crippen molar-refractivity contribution in [1.82, 2.24) is 44.1 Å². The molecule has 2 aromatic carbocycles. The van der Waals surface area contributed by atoms with Gasteiger partial charge in [-0.25, -0.2) is 32.5 Å². The molecule has 1 N–H and O–H groups in total. The number of nitrogens with zero attached hydrogens (tertiary/aromatic N) is 9. The summed E-state index contributed by atoms with van der Waals surface area (Å²) in [5.41, 5.74) is -1.59. The van der Waals surface area contributed by atoms with Crippen LogP contribution in [0, 0.1) is 11.6 Å². The van der Waals surface area contributed by atoms with Gasteiger partial charge in [0, 0.05) is 11.6 Å². The maximum atomic E-state index is 14.8. The minimum Gasteiger partial charge on any atom is -0.381 e. The lowest BCUT2D eigenvalue weighted by atomic mass is 9.86. The first kappa shape index (κ1) is 22.3. The SMILES string of the molecule is C[C@@H](n1ncn(-c2ccc(-n3nccn3)cc2)c1=O)[C@](O)(Cn1cncn1)c1ccc(F)cc1F. The smallest absolute Gasteiger partial charge is 0.350 e. The number of benzene rings is 2. The van der Waals surface area contributed by atoms with Gasteiger partial charge in [-0.2, -0.15) is 25.2 Å². The Morgan fingerprint density at radius 1 is 0.971 bits per heavy atom. The number of aliphatic hydroxyl groups is 1. The lowest BCUT2D eigenvalue weighted by molar-refractivity contribution is -0.0381. The minimum absolute atomic E-state index is 0.209. The molecule has 0 amide bonds. The molecule has 35 heavy (non-hydrogen) atoms. The maximum Gasteiger partial charge on any atom is 0.350 e. The molecular weight excluding hydrogens is 460 g/mol. The first-order valence-corrected chi connectivity index (χ1v) is 10.5. The van der Waals surface area contributed by atoms with Crippen LogP contribution in [0.25, 0.3) is 11.4 Å². The summed E-state index contributed by atoms with van der Waals surface area (Å²) in [4.78, 5) is 18.6. The van der Waals surface area contributed by atoms with Crippen molar-refractivity contribution in [2.75, 3.05) is 0 Å². The van der Waals surface area contributed by atoms with Crippen LogP contribution in [0.15, 0.2) is 78.6 Å². The molecule has 0 aliphatic rings. The van der Waals surface area contributed by atoms with Gasteiger partial charge in [0.25, 0.3) is 0 Å². The van der Waals surface area contributed by atoms with E-state index in [1.165, 1.54) is 40.0 Å². The fraction of sp³-hybridized carbons (Fsp3) is 0.182. The average molecular weight is 479 g/mol. The summed E-state index contributed by atoms with van der Waals surface area (Å²) in [5.74, 6) is -1.76. The van der Waals surface area contributed by atoms with E-state index in [2.05, 4.69) is 25.4 Å². The van der Waals surface area contributed by atoms with Crippen LogP contribution in [0.4, 0.5) is 8.78 Å². The van der Waals surface area contributed by atoms with Crippen LogP contribution in [0.5, 0.6) is 0 Å². The molecule has 0 fully saturated rings. The second-order valence-electron chi connectivity index (χ2n) is 7.88. The molecule has 0 aliphatic heterocycles. The number of rotatable bonds is 7. The second-order valence-corrected chi connectivity index (χ2v) is 7.88. The molecule has 13 heteroatoms. The van der Waals surface area contributed by atoms with Crippen LogP contribution in [-0.2, 0) is 12.1 Å². The van der Waals surface area contributed by atoms with Crippen molar-refractivity contribution in [3.05, 3.63) is 102 Å². The van der Waals surface area contributed by atoms with E-state index >= 15 is 0 Å². The van der Waals surface area contributed by atoms with Crippen molar-refractivity contribution in [3.8, 4) is 11.4 Å². The topological polar surface area (TPSA) is 121 Å². The standard InChI is InChI=1S/C22H19F2N9O2/c1-15(22(35,11-30-13-25-12-28-30)19-7-2-16(23)10-20(19)24)32-21(34)31(14-29-32)17-3-5-18(6-4-17)33-26-8-9-27-33/h2-10,12-15,35H,11H2,1H3/t15-,22-/m1/s1. The van der Waals surface area contributed by atoms with Gasteiger partial charge in [0.15, 0.2) is 0 Å². The summed E-state index contributed by atoms with van der Waals surface area (Å²) in [6.07, 6.45) is 7.01. The molecule has 0 saturated carbocycles. The second kappa shape index (κ2) is 8.68. The van der Waals surface area contributed by atoms with Gasteiger partial charge < -0.3 is 5.11 Å². The highest BCUT2D eigenvalue weighted by Crippen LogP contribution is 2.35. The van der Waals surface area contributed by atoms with Gasteiger partial charge in [0.1, 0.15) is 36.2 Å². The third-order valence-electron chi connectivity index (χ3n) is 5.80. The van der Waals surface area contributed by atoms with Crippen LogP contribution in [0.2, 0.25) is 0 Å². The summed E-state index contributed by atoms with van der Waals surface area (Å²) in [7, 11) is 0. The Balaban J connectivity index is 1.53. The molecule has 5 aromatic rings.